The second kappa shape index (κ2) is 10.5. The van der Waals surface area contributed by atoms with Crippen molar-refractivity contribution in [3.63, 3.8) is 0 Å². The van der Waals surface area contributed by atoms with Gasteiger partial charge in [-0.1, -0.05) is 48.0 Å². The van der Waals surface area contributed by atoms with Gasteiger partial charge in [0.2, 0.25) is 0 Å². The zero-order chi connectivity index (χ0) is 23.2. The van der Waals surface area contributed by atoms with E-state index < -0.39 is 5.91 Å². The lowest BCUT2D eigenvalue weighted by Crippen LogP contribution is -2.16. The quantitative estimate of drug-likeness (QED) is 0.155. The number of carbonyl (C=O) groups is 1. The van der Waals surface area contributed by atoms with Gasteiger partial charge in [-0.3, -0.25) is 4.79 Å². The maximum atomic E-state index is 12.4. The van der Waals surface area contributed by atoms with E-state index in [9.17, 15) is 4.79 Å². The third-order valence-corrected chi connectivity index (χ3v) is 5.67. The Morgan fingerprint density at radius 3 is 2.70 bits per heavy atom. The standard InChI is InChI=1S/C26H20BrClN2O3/c1-2-5-20-12-18(13-22(27)25(20)32-16-17-8-10-21(28)11-9-17)15-29-30-26(31)24-14-19-6-3-4-7-23(19)33-24/h2-4,6-15H,1,5,16H2,(H,30,31)/b29-15+. The molecule has 166 valence electrons. The number of fused-ring (bicyclic) bond motifs is 1. The number of benzene rings is 3. The van der Waals surface area contributed by atoms with E-state index in [4.69, 9.17) is 20.8 Å². The monoisotopic (exact) mass is 522 g/mol. The van der Waals surface area contributed by atoms with Crippen molar-refractivity contribution >= 4 is 50.6 Å². The van der Waals surface area contributed by atoms with Gasteiger partial charge in [-0.15, -0.1) is 6.58 Å². The number of hydrogen-bond donors (Lipinski definition) is 1. The fourth-order valence-corrected chi connectivity index (χ4v) is 4.03. The summed E-state index contributed by atoms with van der Waals surface area (Å²) in [6, 6.07) is 20.5. The molecule has 0 atom stereocenters. The van der Waals surface area contributed by atoms with Gasteiger partial charge in [-0.2, -0.15) is 5.10 Å². The minimum absolute atomic E-state index is 0.202. The van der Waals surface area contributed by atoms with Crippen LogP contribution in [-0.2, 0) is 13.0 Å². The smallest absolute Gasteiger partial charge is 0.307 e. The van der Waals surface area contributed by atoms with Crippen LogP contribution in [-0.4, -0.2) is 12.1 Å². The Morgan fingerprint density at radius 1 is 1.15 bits per heavy atom. The molecule has 0 radical (unpaired) electrons. The van der Waals surface area contributed by atoms with Crippen molar-refractivity contribution < 1.29 is 13.9 Å². The first kappa shape index (κ1) is 22.8. The average Bonchev–Trinajstić information content (AvgIpc) is 3.24. The number of nitrogens with one attached hydrogen (secondary N) is 1. The number of rotatable bonds is 8. The number of halogens is 2. The van der Waals surface area contributed by atoms with Gasteiger partial charge in [0.1, 0.15) is 17.9 Å². The molecule has 1 amide bonds. The van der Waals surface area contributed by atoms with Crippen molar-refractivity contribution in [1.29, 1.82) is 0 Å². The first-order valence-corrected chi connectivity index (χ1v) is 11.3. The minimum Gasteiger partial charge on any atom is -0.487 e. The van der Waals surface area contributed by atoms with Gasteiger partial charge in [0.15, 0.2) is 5.76 Å². The molecule has 7 heteroatoms. The molecule has 1 N–H and O–H groups in total. The number of nitrogens with zero attached hydrogens (tertiary/aromatic N) is 1. The molecular weight excluding hydrogens is 504 g/mol. The Kier molecular flexibility index (Phi) is 7.27. The number of ether oxygens (including phenoxy) is 1. The van der Waals surface area contributed by atoms with Crippen molar-refractivity contribution in [2.75, 3.05) is 0 Å². The number of para-hydroxylation sites is 1. The molecule has 0 saturated heterocycles. The van der Waals surface area contributed by atoms with Gasteiger partial charge in [-0.25, -0.2) is 5.43 Å². The molecule has 3 aromatic carbocycles. The van der Waals surface area contributed by atoms with E-state index in [2.05, 4.69) is 33.0 Å². The summed E-state index contributed by atoms with van der Waals surface area (Å²) < 4.78 is 12.4. The van der Waals surface area contributed by atoms with Crippen LogP contribution in [0.4, 0.5) is 0 Å². The van der Waals surface area contributed by atoms with E-state index in [0.29, 0.717) is 23.6 Å². The largest absolute Gasteiger partial charge is 0.487 e. The second-order valence-electron chi connectivity index (χ2n) is 7.25. The van der Waals surface area contributed by atoms with Crippen LogP contribution in [0.5, 0.6) is 5.75 Å². The highest BCUT2D eigenvalue weighted by Gasteiger charge is 2.12. The fraction of sp³-hybridized carbons (Fsp3) is 0.0769. The number of allylic oxidation sites excluding steroid dienone is 1. The lowest BCUT2D eigenvalue weighted by Gasteiger charge is -2.14. The Labute approximate surface area is 204 Å². The molecule has 1 aromatic heterocycles. The van der Waals surface area contributed by atoms with Gasteiger partial charge in [0.25, 0.3) is 0 Å². The van der Waals surface area contributed by atoms with Crippen LogP contribution in [0.25, 0.3) is 11.0 Å². The average molecular weight is 524 g/mol. The van der Waals surface area contributed by atoms with Gasteiger partial charge in [0, 0.05) is 10.4 Å². The van der Waals surface area contributed by atoms with Crippen LogP contribution in [0.2, 0.25) is 5.02 Å². The minimum atomic E-state index is -0.421. The van der Waals surface area contributed by atoms with Crippen molar-refractivity contribution in [3.8, 4) is 5.75 Å². The Hall–Kier alpha value is -3.35. The Morgan fingerprint density at radius 2 is 1.94 bits per heavy atom. The van der Waals surface area contributed by atoms with Crippen LogP contribution in [0.15, 0.2) is 93.4 Å². The van der Waals surface area contributed by atoms with Crippen molar-refractivity contribution in [2.24, 2.45) is 5.10 Å². The van der Waals surface area contributed by atoms with Crippen molar-refractivity contribution in [1.82, 2.24) is 5.43 Å². The van der Waals surface area contributed by atoms with E-state index in [0.717, 1.165) is 32.3 Å². The fourth-order valence-electron chi connectivity index (χ4n) is 3.27. The topological polar surface area (TPSA) is 63.8 Å². The maximum absolute atomic E-state index is 12.4. The number of hydrazone groups is 1. The summed E-state index contributed by atoms with van der Waals surface area (Å²) in [5.41, 5.74) is 5.90. The van der Waals surface area contributed by atoms with E-state index in [1.165, 1.54) is 0 Å². The highest BCUT2D eigenvalue weighted by molar-refractivity contribution is 9.10. The highest BCUT2D eigenvalue weighted by atomic mass is 79.9. The van der Waals surface area contributed by atoms with E-state index in [1.54, 1.807) is 18.4 Å². The third kappa shape index (κ3) is 5.72. The summed E-state index contributed by atoms with van der Waals surface area (Å²) in [5.74, 6) is 0.511. The summed E-state index contributed by atoms with van der Waals surface area (Å²) in [4.78, 5) is 12.4. The summed E-state index contributed by atoms with van der Waals surface area (Å²) in [5, 5.41) is 5.62. The predicted molar refractivity (Wildman–Crippen MR) is 135 cm³/mol. The zero-order valence-electron chi connectivity index (χ0n) is 17.6. The number of carbonyl (C=O) groups excluding carboxylic acids is 1. The third-order valence-electron chi connectivity index (χ3n) is 4.83. The molecule has 0 spiro atoms. The SMILES string of the molecule is C=CCc1cc(/C=N/NC(=O)c2cc3ccccc3o2)cc(Br)c1OCc1ccc(Cl)cc1. The highest BCUT2D eigenvalue weighted by Crippen LogP contribution is 2.32. The van der Waals surface area contributed by atoms with Crippen LogP contribution in [0.3, 0.4) is 0 Å². The molecule has 0 saturated carbocycles. The molecule has 0 fully saturated rings. The molecule has 4 aromatic rings. The Balaban J connectivity index is 1.46. The number of hydrogen-bond acceptors (Lipinski definition) is 4. The van der Waals surface area contributed by atoms with Crippen LogP contribution >= 0.6 is 27.5 Å². The predicted octanol–water partition coefficient (Wildman–Crippen LogP) is 6.92. The van der Waals surface area contributed by atoms with E-state index in [1.807, 2.05) is 60.7 Å². The number of furan rings is 1. The number of amides is 1. The molecule has 0 aliphatic rings. The normalized spacial score (nSPS) is 11.1. The first-order valence-electron chi connectivity index (χ1n) is 10.2. The molecule has 1 heterocycles. The van der Waals surface area contributed by atoms with Crippen molar-refractivity contribution in [3.05, 3.63) is 111 Å². The summed E-state index contributed by atoms with van der Waals surface area (Å²) in [7, 11) is 0. The van der Waals surface area contributed by atoms with Crippen LogP contribution in [0, 0.1) is 0 Å². The summed E-state index contributed by atoms with van der Waals surface area (Å²) in [6.07, 6.45) is 3.99. The molecule has 0 aliphatic carbocycles. The van der Waals surface area contributed by atoms with Gasteiger partial charge in [-0.05, 0) is 75.4 Å². The van der Waals surface area contributed by atoms with Gasteiger partial charge in [0.05, 0.1) is 10.7 Å². The zero-order valence-corrected chi connectivity index (χ0v) is 19.9. The van der Waals surface area contributed by atoms with Gasteiger partial charge >= 0.3 is 5.91 Å². The van der Waals surface area contributed by atoms with E-state index in [-0.39, 0.29) is 5.76 Å². The van der Waals surface area contributed by atoms with Crippen LogP contribution < -0.4 is 10.2 Å². The van der Waals surface area contributed by atoms with E-state index >= 15 is 0 Å². The Bertz CT molecular complexity index is 1300. The molecular formula is C26H20BrClN2O3. The summed E-state index contributed by atoms with van der Waals surface area (Å²) >= 11 is 9.54. The molecule has 33 heavy (non-hydrogen) atoms. The van der Waals surface area contributed by atoms with Gasteiger partial charge < -0.3 is 9.15 Å². The molecule has 4 rings (SSSR count). The first-order chi connectivity index (χ1) is 16.0. The summed E-state index contributed by atoms with van der Waals surface area (Å²) in [6.45, 7) is 4.24. The molecule has 0 aliphatic heterocycles. The lowest BCUT2D eigenvalue weighted by molar-refractivity contribution is 0.0929. The second-order valence-corrected chi connectivity index (χ2v) is 8.54. The maximum Gasteiger partial charge on any atom is 0.307 e. The molecule has 5 nitrogen and oxygen atoms in total. The molecule has 0 bridgehead atoms. The van der Waals surface area contributed by atoms with Crippen molar-refractivity contribution in [2.45, 2.75) is 13.0 Å². The van der Waals surface area contributed by atoms with Crippen LogP contribution in [0.1, 0.15) is 27.2 Å². The lowest BCUT2D eigenvalue weighted by atomic mass is 10.1. The molecule has 0 unspecified atom stereocenters.